The quantitative estimate of drug-likeness (QED) is 0.798. The number of furan rings is 2. The molecule has 0 saturated heterocycles. The van der Waals surface area contributed by atoms with E-state index >= 15 is 0 Å². The van der Waals surface area contributed by atoms with Crippen LogP contribution in [0.4, 0.5) is 0 Å². The Bertz CT molecular complexity index is 762. The minimum atomic E-state index is -0.733. The van der Waals surface area contributed by atoms with Gasteiger partial charge in [0, 0.05) is 7.05 Å². The molecule has 2 amide bonds. The summed E-state index contributed by atoms with van der Waals surface area (Å²) in [7, 11) is 2.87. The molecule has 0 fully saturated rings. The number of carbonyl (C=O) groups excluding carboxylic acids is 3. The highest BCUT2D eigenvalue weighted by Crippen LogP contribution is 2.17. The lowest BCUT2D eigenvalue weighted by molar-refractivity contribution is -0.132. The van der Waals surface area contributed by atoms with Gasteiger partial charge in [0.05, 0.1) is 25.5 Å². The number of nitrogens with zero attached hydrogens (tertiary/aromatic N) is 1. The first-order chi connectivity index (χ1) is 11.8. The van der Waals surface area contributed by atoms with E-state index in [2.05, 4.69) is 10.1 Å². The Balaban J connectivity index is 1.97. The van der Waals surface area contributed by atoms with Crippen LogP contribution in [-0.2, 0) is 16.1 Å². The molecule has 0 unspecified atom stereocenters. The van der Waals surface area contributed by atoms with Crippen LogP contribution in [0.3, 0.4) is 0 Å². The van der Waals surface area contributed by atoms with Gasteiger partial charge >= 0.3 is 5.97 Å². The first-order valence-electron chi connectivity index (χ1n) is 7.59. The second kappa shape index (κ2) is 7.69. The van der Waals surface area contributed by atoms with Crippen LogP contribution >= 0.6 is 0 Å². The Morgan fingerprint density at radius 3 is 2.68 bits per heavy atom. The largest absolute Gasteiger partial charge is 0.472 e. The lowest BCUT2D eigenvalue weighted by Gasteiger charge is -2.21. The molecule has 0 aliphatic carbocycles. The second-order valence-electron chi connectivity index (χ2n) is 5.58. The maximum atomic E-state index is 12.4. The second-order valence-corrected chi connectivity index (χ2v) is 5.58. The van der Waals surface area contributed by atoms with Crippen molar-refractivity contribution in [3.63, 3.8) is 0 Å². The fourth-order valence-corrected chi connectivity index (χ4v) is 2.31. The molecule has 25 heavy (non-hydrogen) atoms. The molecule has 1 N–H and O–H groups in total. The highest BCUT2D eigenvalue weighted by Gasteiger charge is 2.23. The molecule has 2 aromatic heterocycles. The summed E-state index contributed by atoms with van der Waals surface area (Å²) in [4.78, 5) is 37.3. The Morgan fingerprint density at radius 1 is 1.36 bits per heavy atom. The van der Waals surface area contributed by atoms with Crippen LogP contribution in [0, 0.1) is 6.92 Å². The number of methoxy groups -OCH3 is 1. The first-order valence-corrected chi connectivity index (χ1v) is 7.59. The molecule has 0 aromatic carbocycles. The number of nitrogens with one attached hydrogen (secondary N) is 1. The van der Waals surface area contributed by atoms with Gasteiger partial charge in [-0.2, -0.15) is 0 Å². The summed E-state index contributed by atoms with van der Waals surface area (Å²) in [6, 6.07) is 2.32. The van der Waals surface area contributed by atoms with Gasteiger partial charge in [-0.1, -0.05) is 0 Å². The summed E-state index contributed by atoms with van der Waals surface area (Å²) in [6.07, 6.45) is 2.68. The SMILES string of the molecule is COC(=O)c1cc(CN(C)C(=O)[C@H](C)NC(=O)c2ccoc2)oc1C. The third-order valence-corrected chi connectivity index (χ3v) is 3.64. The maximum absolute atomic E-state index is 12.4. The summed E-state index contributed by atoms with van der Waals surface area (Å²) >= 11 is 0. The fourth-order valence-electron chi connectivity index (χ4n) is 2.31. The Labute approximate surface area is 144 Å². The molecule has 0 radical (unpaired) electrons. The Kier molecular flexibility index (Phi) is 5.63. The van der Waals surface area contributed by atoms with Crippen molar-refractivity contribution in [2.24, 2.45) is 0 Å². The molecule has 134 valence electrons. The number of rotatable bonds is 6. The first kappa shape index (κ1) is 18.3. The molecular weight excluding hydrogens is 328 g/mol. The topological polar surface area (TPSA) is 102 Å². The minimum Gasteiger partial charge on any atom is -0.472 e. The predicted octanol–water partition coefficient (Wildman–Crippen LogP) is 1.74. The van der Waals surface area contributed by atoms with Gasteiger partial charge in [0.1, 0.15) is 29.4 Å². The molecule has 0 aliphatic heterocycles. The van der Waals surface area contributed by atoms with Crippen molar-refractivity contribution in [3.05, 3.63) is 47.3 Å². The molecular formula is C17H20N2O6. The smallest absolute Gasteiger partial charge is 0.341 e. The Morgan fingerprint density at radius 2 is 2.08 bits per heavy atom. The predicted molar refractivity (Wildman–Crippen MR) is 86.9 cm³/mol. The number of carbonyl (C=O) groups is 3. The van der Waals surface area contributed by atoms with E-state index in [0.717, 1.165) is 0 Å². The average molecular weight is 348 g/mol. The van der Waals surface area contributed by atoms with Crippen LogP contribution in [0.1, 0.15) is 39.2 Å². The number of aryl methyl sites for hydroxylation is 1. The van der Waals surface area contributed by atoms with E-state index in [1.165, 1.54) is 30.6 Å². The standard InChI is InChI=1S/C17H20N2O6/c1-10(18-15(20)12-5-6-24-9-12)16(21)19(3)8-13-7-14(11(2)25-13)17(22)23-4/h5-7,9-10H,8H2,1-4H3,(H,18,20)/t10-/m0/s1. The number of hydrogen-bond acceptors (Lipinski definition) is 6. The molecule has 2 aromatic rings. The van der Waals surface area contributed by atoms with E-state index < -0.39 is 17.9 Å². The zero-order valence-electron chi connectivity index (χ0n) is 14.5. The van der Waals surface area contributed by atoms with E-state index in [1.807, 2.05) is 0 Å². The highest BCUT2D eigenvalue weighted by atomic mass is 16.5. The van der Waals surface area contributed by atoms with Crippen molar-refractivity contribution in [2.45, 2.75) is 26.4 Å². The Hall–Kier alpha value is -3.03. The average Bonchev–Trinajstić information content (AvgIpc) is 3.23. The molecule has 0 saturated carbocycles. The number of likely N-dealkylation sites (N-methyl/N-ethyl adjacent to an activating group) is 1. The van der Waals surface area contributed by atoms with Crippen LogP contribution in [0.25, 0.3) is 0 Å². The minimum absolute atomic E-state index is 0.155. The van der Waals surface area contributed by atoms with Gasteiger partial charge in [0.15, 0.2) is 0 Å². The van der Waals surface area contributed by atoms with Gasteiger partial charge in [-0.05, 0) is 26.0 Å². The van der Waals surface area contributed by atoms with Gasteiger partial charge in [-0.25, -0.2) is 4.79 Å². The summed E-state index contributed by atoms with van der Waals surface area (Å²) < 4.78 is 15.0. The van der Waals surface area contributed by atoms with Gasteiger partial charge in [0.25, 0.3) is 5.91 Å². The van der Waals surface area contributed by atoms with Crippen molar-refractivity contribution in [2.75, 3.05) is 14.2 Å². The normalized spacial score (nSPS) is 11.7. The number of amides is 2. The van der Waals surface area contributed by atoms with Crippen molar-refractivity contribution < 1.29 is 28.0 Å². The van der Waals surface area contributed by atoms with Gasteiger partial charge in [0.2, 0.25) is 5.91 Å². The van der Waals surface area contributed by atoms with Gasteiger partial charge in [-0.15, -0.1) is 0 Å². The lowest BCUT2D eigenvalue weighted by atomic mass is 10.2. The van der Waals surface area contributed by atoms with E-state index in [1.54, 1.807) is 27.0 Å². The fraction of sp³-hybridized carbons (Fsp3) is 0.353. The van der Waals surface area contributed by atoms with Crippen molar-refractivity contribution in [3.8, 4) is 0 Å². The van der Waals surface area contributed by atoms with E-state index in [0.29, 0.717) is 22.6 Å². The van der Waals surface area contributed by atoms with Crippen LogP contribution in [0.15, 0.2) is 33.5 Å². The summed E-state index contributed by atoms with van der Waals surface area (Å²) in [5, 5.41) is 2.60. The zero-order valence-corrected chi connectivity index (χ0v) is 14.5. The molecule has 8 nitrogen and oxygen atoms in total. The molecule has 8 heteroatoms. The third kappa shape index (κ3) is 4.28. The van der Waals surface area contributed by atoms with Crippen LogP contribution in [0.5, 0.6) is 0 Å². The van der Waals surface area contributed by atoms with Crippen molar-refractivity contribution in [1.82, 2.24) is 10.2 Å². The van der Waals surface area contributed by atoms with Crippen LogP contribution in [0.2, 0.25) is 0 Å². The summed E-state index contributed by atoms with van der Waals surface area (Å²) in [5.74, 6) is -0.330. The maximum Gasteiger partial charge on any atom is 0.341 e. The number of esters is 1. The molecule has 2 heterocycles. The van der Waals surface area contributed by atoms with Crippen molar-refractivity contribution in [1.29, 1.82) is 0 Å². The number of hydrogen-bond donors (Lipinski definition) is 1. The zero-order chi connectivity index (χ0) is 18.6. The van der Waals surface area contributed by atoms with Gasteiger partial charge in [-0.3, -0.25) is 9.59 Å². The van der Waals surface area contributed by atoms with E-state index in [9.17, 15) is 14.4 Å². The van der Waals surface area contributed by atoms with E-state index in [4.69, 9.17) is 8.83 Å². The summed E-state index contributed by atoms with van der Waals surface area (Å²) in [6.45, 7) is 3.39. The molecule has 0 aliphatic rings. The lowest BCUT2D eigenvalue weighted by Crippen LogP contribution is -2.45. The highest BCUT2D eigenvalue weighted by molar-refractivity contribution is 5.97. The van der Waals surface area contributed by atoms with E-state index in [-0.39, 0.29) is 12.5 Å². The van der Waals surface area contributed by atoms with Crippen LogP contribution < -0.4 is 5.32 Å². The van der Waals surface area contributed by atoms with Crippen molar-refractivity contribution >= 4 is 17.8 Å². The molecule has 0 bridgehead atoms. The number of ether oxygens (including phenoxy) is 1. The molecule has 1 atom stereocenters. The van der Waals surface area contributed by atoms with Gasteiger partial charge < -0.3 is 23.8 Å². The third-order valence-electron chi connectivity index (χ3n) is 3.64. The molecule has 0 spiro atoms. The van der Waals surface area contributed by atoms with Crippen LogP contribution in [-0.4, -0.2) is 42.9 Å². The monoisotopic (exact) mass is 348 g/mol. The molecule has 2 rings (SSSR count). The summed E-state index contributed by atoms with van der Waals surface area (Å²) in [5.41, 5.74) is 0.659.